The number of carbonyl (C=O) groups excluding carboxylic acids is 1. The molecule has 4 rings (SSSR count). The van der Waals surface area contributed by atoms with Gasteiger partial charge in [0.15, 0.2) is 0 Å². The summed E-state index contributed by atoms with van der Waals surface area (Å²) in [7, 11) is 0. The first-order valence-corrected chi connectivity index (χ1v) is 10.2. The second-order valence-corrected chi connectivity index (χ2v) is 8.35. The third-order valence-electron chi connectivity index (χ3n) is 4.41. The van der Waals surface area contributed by atoms with E-state index < -0.39 is 11.2 Å². The van der Waals surface area contributed by atoms with E-state index in [0.717, 1.165) is 15.0 Å². The van der Waals surface area contributed by atoms with Crippen molar-refractivity contribution in [2.45, 2.75) is 13.5 Å². The smallest absolute Gasteiger partial charge is 0.298 e. The summed E-state index contributed by atoms with van der Waals surface area (Å²) < 4.78 is 2.35. The molecule has 0 bridgehead atoms. The first kappa shape index (κ1) is 19.6. The van der Waals surface area contributed by atoms with Gasteiger partial charge in [0, 0.05) is 4.88 Å². The maximum atomic E-state index is 13.2. The molecular formula is C21H14Cl2N2O3S. The average molecular weight is 445 g/mol. The molecule has 5 nitrogen and oxygen atoms in total. The zero-order valence-corrected chi connectivity index (χ0v) is 17.5. The number of aromatic nitrogens is 2. The first-order chi connectivity index (χ1) is 13.9. The average Bonchev–Trinajstić information content (AvgIpc) is 3.14. The van der Waals surface area contributed by atoms with Crippen molar-refractivity contribution in [3.63, 3.8) is 0 Å². The molecule has 0 fully saturated rings. The Bertz CT molecular complexity index is 1370. The summed E-state index contributed by atoms with van der Waals surface area (Å²) >= 11 is 13.4. The fraction of sp³-hybridized carbons (Fsp3) is 0.0952. The van der Waals surface area contributed by atoms with Crippen LogP contribution in [0.5, 0.6) is 0 Å². The van der Waals surface area contributed by atoms with Crippen LogP contribution in [-0.2, 0) is 11.3 Å². The van der Waals surface area contributed by atoms with E-state index in [2.05, 4.69) is 0 Å². The molecule has 2 aromatic heterocycles. The molecule has 29 heavy (non-hydrogen) atoms. The highest BCUT2D eigenvalue weighted by molar-refractivity contribution is 7.21. The Balaban J connectivity index is 2.07. The fourth-order valence-corrected chi connectivity index (χ4v) is 4.55. The van der Waals surface area contributed by atoms with Gasteiger partial charge in [0.1, 0.15) is 10.6 Å². The van der Waals surface area contributed by atoms with Crippen LogP contribution >= 0.6 is 34.5 Å². The number of thiophene rings is 1. The number of Topliss-reactive ketones (excluding diaryl/α,β-unsaturated/α-hetero) is 1. The lowest BCUT2D eigenvalue weighted by Crippen LogP contribution is -2.39. The van der Waals surface area contributed by atoms with Gasteiger partial charge in [0.05, 0.1) is 27.7 Å². The molecule has 0 spiro atoms. The van der Waals surface area contributed by atoms with Gasteiger partial charge in [0.25, 0.3) is 5.56 Å². The second kappa shape index (κ2) is 7.63. The minimum Gasteiger partial charge on any atom is -0.298 e. The van der Waals surface area contributed by atoms with Crippen LogP contribution in [0.2, 0.25) is 10.0 Å². The molecule has 0 atom stereocenters. The van der Waals surface area contributed by atoms with Crippen molar-refractivity contribution in [2.24, 2.45) is 0 Å². The summed E-state index contributed by atoms with van der Waals surface area (Å²) in [6, 6.07) is 15.8. The van der Waals surface area contributed by atoms with E-state index in [1.54, 1.807) is 12.1 Å². The molecule has 4 aromatic rings. The number of nitrogens with zero attached hydrogens (tertiary/aromatic N) is 2. The maximum Gasteiger partial charge on any atom is 0.337 e. The highest BCUT2D eigenvalue weighted by Crippen LogP contribution is 2.32. The van der Waals surface area contributed by atoms with Crippen LogP contribution in [0.15, 0.2) is 64.2 Å². The van der Waals surface area contributed by atoms with Crippen LogP contribution in [-0.4, -0.2) is 14.9 Å². The van der Waals surface area contributed by atoms with Gasteiger partial charge in [-0.15, -0.1) is 11.3 Å². The first-order valence-electron chi connectivity index (χ1n) is 8.66. The molecule has 0 aliphatic heterocycles. The van der Waals surface area contributed by atoms with Gasteiger partial charge in [0.2, 0.25) is 0 Å². The highest BCUT2D eigenvalue weighted by atomic mass is 35.5. The molecule has 0 saturated carbocycles. The third-order valence-corrected chi connectivity index (χ3v) is 6.36. The number of hydrogen-bond acceptors (Lipinski definition) is 4. The Kier molecular flexibility index (Phi) is 5.17. The van der Waals surface area contributed by atoms with Gasteiger partial charge < -0.3 is 0 Å². The summed E-state index contributed by atoms with van der Waals surface area (Å²) in [6.07, 6.45) is 0. The Morgan fingerprint density at radius 3 is 2.38 bits per heavy atom. The molecule has 0 amide bonds. The van der Waals surface area contributed by atoms with Gasteiger partial charge in [-0.05, 0) is 36.8 Å². The van der Waals surface area contributed by atoms with Crippen molar-refractivity contribution in [2.75, 3.05) is 0 Å². The monoisotopic (exact) mass is 444 g/mol. The molecule has 8 heteroatoms. The maximum absolute atomic E-state index is 13.2. The summed E-state index contributed by atoms with van der Waals surface area (Å²) in [5.74, 6) is -0.192. The minimum absolute atomic E-state index is 0.133. The molecule has 0 aliphatic rings. The third kappa shape index (κ3) is 3.55. The van der Waals surface area contributed by atoms with E-state index in [0.29, 0.717) is 20.9 Å². The number of ketones is 1. The SMILES string of the molecule is CC(=O)Cn1c(=O)n(-c2ccc(Cl)c(Cl)c2)c(=O)c2cc(-c3ccccc3)sc21. The molecule has 0 aliphatic carbocycles. The summed E-state index contributed by atoms with van der Waals surface area (Å²) in [5, 5.41) is 0.903. The number of benzene rings is 2. The largest absolute Gasteiger partial charge is 0.337 e. The van der Waals surface area contributed by atoms with Gasteiger partial charge in [-0.25, -0.2) is 9.36 Å². The number of hydrogen-bond donors (Lipinski definition) is 0. The Morgan fingerprint density at radius 2 is 1.72 bits per heavy atom. The molecule has 146 valence electrons. The lowest BCUT2D eigenvalue weighted by atomic mass is 10.2. The predicted molar refractivity (Wildman–Crippen MR) is 118 cm³/mol. The Morgan fingerprint density at radius 1 is 1.00 bits per heavy atom. The van der Waals surface area contributed by atoms with Crippen LogP contribution in [0, 0.1) is 0 Å². The highest BCUT2D eigenvalue weighted by Gasteiger charge is 2.19. The zero-order chi connectivity index (χ0) is 20.7. The van der Waals surface area contributed by atoms with Crippen LogP contribution in [0.25, 0.3) is 26.3 Å². The number of rotatable bonds is 4. The molecule has 2 heterocycles. The van der Waals surface area contributed by atoms with Crippen molar-refractivity contribution < 1.29 is 4.79 Å². The summed E-state index contributed by atoms with van der Waals surface area (Å²) in [5.41, 5.74) is 0.149. The Hall–Kier alpha value is -2.67. The fourth-order valence-electron chi connectivity index (χ4n) is 3.11. The van der Waals surface area contributed by atoms with Crippen molar-refractivity contribution in [1.29, 1.82) is 0 Å². The van der Waals surface area contributed by atoms with E-state index in [4.69, 9.17) is 23.2 Å². The molecular weight excluding hydrogens is 431 g/mol. The topological polar surface area (TPSA) is 61.1 Å². The Labute approximate surface area is 179 Å². The van der Waals surface area contributed by atoms with Crippen LogP contribution in [0.3, 0.4) is 0 Å². The zero-order valence-electron chi connectivity index (χ0n) is 15.2. The van der Waals surface area contributed by atoms with Gasteiger partial charge in [-0.1, -0.05) is 53.5 Å². The second-order valence-electron chi connectivity index (χ2n) is 6.51. The molecule has 2 aromatic carbocycles. The lowest BCUT2D eigenvalue weighted by molar-refractivity contribution is -0.117. The van der Waals surface area contributed by atoms with Crippen LogP contribution in [0.1, 0.15) is 6.92 Å². The molecule has 0 radical (unpaired) electrons. The quantitative estimate of drug-likeness (QED) is 0.455. The lowest BCUT2D eigenvalue weighted by Gasteiger charge is -2.11. The molecule has 0 unspecified atom stereocenters. The number of carbonyl (C=O) groups is 1. The van der Waals surface area contributed by atoms with Crippen molar-refractivity contribution in [3.05, 3.63) is 85.5 Å². The van der Waals surface area contributed by atoms with E-state index >= 15 is 0 Å². The van der Waals surface area contributed by atoms with Crippen molar-refractivity contribution in [1.82, 2.24) is 9.13 Å². The van der Waals surface area contributed by atoms with E-state index in [1.165, 1.54) is 35.0 Å². The van der Waals surface area contributed by atoms with Gasteiger partial charge >= 0.3 is 5.69 Å². The summed E-state index contributed by atoms with van der Waals surface area (Å²) in [6.45, 7) is 1.27. The normalized spacial score (nSPS) is 11.1. The molecule has 0 N–H and O–H groups in total. The van der Waals surface area contributed by atoms with Crippen LogP contribution in [0.4, 0.5) is 0 Å². The number of halogens is 2. The van der Waals surface area contributed by atoms with E-state index in [1.807, 2.05) is 30.3 Å². The summed E-state index contributed by atoms with van der Waals surface area (Å²) in [4.78, 5) is 39.5. The van der Waals surface area contributed by atoms with Crippen molar-refractivity contribution in [3.8, 4) is 16.1 Å². The molecule has 0 saturated heterocycles. The van der Waals surface area contributed by atoms with Gasteiger partial charge in [-0.3, -0.25) is 14.2 Å². The van der Waals surface area contributed by atoms with E-state index in [-0.39, 0.29) is 17.4 Å². The predicted octanol–water partition coefficient (Wildman–Crippen LogP) is 4.78. The van der Waals surface area contributed by atoms with Gasteiger partial charge in [-0.2, -0.15) is 0 Å². The standard InChI is InChI=1S/C21H14Cl2N2O3S/c1-12(26)11-24-20-15(10-18(29-20)13-5-3-2-4-6-13)19(27)25(21(24)28)14-7-8-16(22)17(23)9-14/h2-10H,11H2,1H3. The van der Waals surface area contributed by atoms with Crippen molar-refractivity contribution >= 4 is 50.5 Å². The number of fused-ring (bicyclic) bond motifs is 1. The van der Waals surface area contributed by atoms with E-state index in [9.17, 15) is 14.4 Å². The van der Waals surface area contributed by atoms with Crippen LogP contribution < -0.4 is 11.2 Å². The minimum atomic E-state index is -0.599.